The van der Waals surface area contributed by atoms with Crippen LogP contribution in [0.1, 0.15) is 12.5 Å². The molecule has 9 heteroatoms. The van der Waals surface area contributed by atoms with Gasteiger partial charge in [0, 0.05) is 31.4 Å². The van der Waals surface area contributed by atoms with Crippen LogP contribution in [0.15, 0.2) is 47.6 Å². The van der Waals surface area contributed by atoms with Crippen molar-refractivity contribution in [1.29, 1.82) is 0 Å². The van der Waals surface area contributed by atoms with Crippen LogP contribution in [0.5, 0.6) is 17.2 Å². The van der Waals surface area contributed by atoms with Gasteiger partial charge in [-0.3, -0.25) is 4.79 Å². The zero-order valence-corrected chi connectivity index (χ0v) is 17.3. The molecule has 2 aromatic rings. The number of para-hydroxylation sites is 1. The number of hydrogen-bond donors (Lipinski definition) is 2. The highest BCUT2D eigenvalue weighted by Gasteiger charge is 2.18. The Hall–Kier alpha value is -3.75. The third kappa shape index (κ3) is 6.40. The number of nitrogens with one attached hydrogen (secondary N) is 1. The average molecular weight is 415 g/mol. The first-order chi connectivity index (χ1) is 14.3. The molecule has 0 saturated heterocycles. The molecule has 9 nitrogen and oxygen atoms in total. The summed E-state index contributed by atoms with van der Waals surface area (Å²) in [5.74, 6) is -0.447. The fourth-order valence-corrected chi connectivity index (χ4v) is 2.35. The van der Waals surface area contributed by atoms with Crippen molar-refractivity contribution in [2.24, 2.45) is 5.10 Å². The summed E-state index contributed by atoms with van der Waals surface area (Å²) in [5.41, 5.74) is 3.76. The Balaban J connectivity index is 2.00. The first-order valence-electron chi connectivity index (χ1n) is 9.10. The molecule has 0 aliphatic heterocycles. The van der Waals surface area contributed by atoms with E-state index in [4.69, 9.17) is 19.3 Å². The lowest BCUT2D eigenvalue weighted by atomic mass is 10.2. The van der Waals surface area contributed by atoms with Gasteiger partial charge in [0.25, 0.3) is 5.91 Å². The summed E-state index contributed by atoms with van der Waals surface area (Å²) in [7, 11) is 5.27. The molecular formula is C21H25N3O6. The van der Waals surface area contributed by atoms with E-state index in [0.717, 1.165) is 5.69 Å². The van der Waals surface area contributed by atoms with Gasteiger partial charge in [-0.05, 0) is 31.2 Å². The largest absolute Gasteiger partial charge is 0.493 e. The van der Waals surface area contributed by atoms with Crippen molar-refractivity contribution >= 4 is 23.8 Å². The molecule has 2 N–H and O–H groups in total. The number of methoxy groups -OCH3 is 1. The van der Waals surface area contributed by atoms with Crippen molar-refractivity contribution in [3.8, 4) is 17.2 Å². The van der Waals surface area contributed by atoms with Gasteiger partial charge in [0.2, 0.25) is 0 Å². The molecule has 0 bridgehead atoms. The number of carboxylic acid groups (broad SMARTS) is 1. The van der Waals surface area contributed by atoms with Crippen molar-refractivity contribution < 1.29 is 28.9 Å². The van der Waals surface area contributed by atoms with Crippen LogP contribution in [0.4, 0.5) is 5.69 Å². The second-order valence-electron chi connectivity index (χ2n) is 6.45. The topological polar surface area (TPSA) is 110 Å². The van der Waals surface area contributed by atoms with E-state index >= 15 is 0 Å². The predicted molar refractivity (Wildman–Crippen MR) is 113 cm³/mol. The average Bonchev–Trinajstić information content (AvgIpc) is 2.73. The fourth-order valence-electron chi connectivity index (χ4n) is 2.35. The van der Waals surface area contributed by atoms with Crippen molar-refractivity contribution in [3.05, 3.63) is 48.0 Å². The predicted octanol–water partition coefficient (Wildman–Crippen LogP) is 2.14. The van der Waals surface area contributed by atoms with E-state index in [1.807, 2.05) is 37.2 Å². The second kappa shape index (κ2) is 10.7. The van der Waals surface area contributed by atoms with Crippen LogP contribution in [0.25, 0.3) is 0 Å². The van der Waals surface area contributed by atoms with Crippen molar-refractivity contribution in [2.45, 2.75) is 13.0 Å². The summed E-state index contributed by atoms with van der Waals surface area (Å²) < 4.78 is 16.2. The number of ether oxygens (including phenoxy) is 3. The minimum absolute atomic E-state index is 0.213. The molecule has 0 aliphatic rings. The van der Waals surface area contributed by atoms with Crippen molar-refractivity contribution in [1.82, 2.24) is 5.43 Å². The molecule has 1 atom stereocenters. The molecule has 0 heterocycles. The van der Waals surface area contributed by atoms with E-state index in [2.05, 4.69) is 10.5 Å². The summed E-state index contributed by atoms with van der Waals surface area (Å²) in [6.45, 7) is 1.19. The lowest BCUT2D eigenvalue weighted by Gasteiger charge is -2.15. The second-order valence-corrected chi connectivity index (χ2v) is 6.45. The molecule has 0 aliphatic carbocycles. The quantitative estimate of drug-likeness (QED) is 0.452. The number of aliphatic carboxylic acids is 1. The number of rotatable bonds is 10. The molecule has 0 radical (unpaired) electrons. The highest BCUT2D eigenvalue weighted by Crippen LogP contribution is 2.31. The summed E-state index contributed by atoms with van der Waals surface area (Å²) >= 11 is 0. The fraction of sp³-hybridized carbons (Fsp3) is 0.286. The third-order valence-electron chi connectivity index (χ3n) is 3.97. The van der Waals surface area contributed by atoms with Crippen LogP contribution in [0, 0.1) is 0 Å². The molecular weight excluding hydrogens is 390 g/mol. The maximum atomic E-state index is 12.0. The molecule has 0 aromatic heterocycles. The van der Waals surface area contributed by atoms with Crippen LogP contribution in [-0.4, -0.2) is 57.1 Å². The lowest BCUT2D eigenvalue weighted by molar-refractivity contribution is -0.144. The SMILES string of the molecule is COc1cccc(/C=N/NC(=O)COc2cccc(N(C)C)c2)c1O[C@@H](C)C(=O)O. The normalized spacial score (nSPS) is 11.6. The zero-order valence-electron chi connectivity index (χ0n) is 17.3. The first kappa shape index (κ1) is 22.5. The van der Waals surface area contributed by atoms with Crippen LogP contribution in [0.2, 0.25) is 0 Å². The van der Waals surface area contributed by atoms with Gasteiger partial charge >= 0.3 is 5.97 Å². The number of hydrogen-bond acceptors (Lipinski definition) is 7. The maximum Gasteiger partial charge on any atom is 0.344 e. The number of benzene rings is 2. The molecule has 0 fully saturated rings. The Morgan fingerprint density at radius 2 is 1.97 bits per heavy atom. The van der Waals surface area contributed by atoms with Crippen molar-refractivity contribution in [3.63, 3.8) is 0 Å². The number of hydrazone groups is 1. The van der Waals surface area contributed by atoms with Gasteiger partial charge in [0.15, 0.2) is 24.2 Å². The monoisotopic (exact) mass is 415 g/mol. The van der Waals surface area contributed by atoms with E-state index in [1.54, 1.807) is 24.3 Å². The number of carbonyl (C=O) groups is 2. The highest BCUT2D eigenvalue weighted by atomic mass is 16.5. The maximum absolute atomic E-state index is 12.0. The van der Waals surface area contributed by atoms with Gasteiger partial charge < -0.3 is 24.2 Å². The van der Waals surface area contributed by atoms with E-state index in [0.29, 0.717) is 17.1 Å². The number of nitrogens with zero attached hydrogens (tertiary/aromatic N) is 2. The molecule has 0 unspecified atom stereocenters. The molecule has 0 spiro atoms. The molecule has 2 rings (SSSR count). The van der Waals surface area contributed by atoms with Crippen LogP contribution < -0.4 is 24.5 Å². The summed E-state index contributed by atoms with van der Waals surface area (Å²) in [6.07, 6.45) is 0.256. The number of anilines is 1. The van der Waals surface area contributed by atoms with Crippen LogP contribution in [0.3, 0.4) is 0 Å². The molecule has 1 amide bonds. The molecule has 0 saturated carbocycles. The van der Waals surface area contributed by atoms with E-state index in [1.165, 1.54) is 20.2 Å². The Morgan fingerprint density at radius 3 is 2.63 bits per heavy atom. The lowest BCUT2D eigenvalue weighted by Crippen LogP contribution is -2.25. The van der Waals surface area contributed by atoms with Crippen LogP contribution >= 0.6 is 0 Å². The summed E-state index contributed by atoms with van der Waals surface area (Å²) in [6, 6.07) is 12.3. The zero-order chi connectivity index (χ0) is 22.1. The smallest absolute Gasteiger partial charge is 0.344 e. The highest BCUT2D eigenvalue weighted by molar-refractivity contribution is 5.87. The van der Waals surface area contributed by atoms with Gasteiger partial charge in [-0.1, -0.05) is 12.1 Å². The van der Waals surface area contributed by atoms with E-state index in [9.17, 15) is 9.59 Å². The van der Waals surface area contributed by atoms with Gasteiger partial charge in [-0.2, -0.15) is 5.10 Å². The Bertz CT molecular complexity index is 913. The number of carboxylic acids is 1. The van der Waals surface area contributed by atoms with Gasteiger partial charge in [0.05, 0.1) is 13.3 Å². The minimum atomic E-state index is -1.12. The number of carbonyl (C=O) groups excluding carboxylic acids is 1. The van der Waals surface area contributed by atoms with E-state index in [-0.39, 0.29) is 12.4 Å². The Kier molecular flexibility index (Phi) is 8.04. The van der Waals surface area contributed by atoms with Crippen molar-refractivity contribution in [2.75, 3.05) is 32.7 Å². The third-order valence-corrected chi connectivity index (χ3v) is 3.97. The van der Waals surface area contributed by atoms with E-state index < -0.39 is 18.0 Å². The molecule has 2 aromatic carbocycles. The summed E-state index contributed by atoms with van der Waals surface area (Å²) in [4.78, 5) is 25.0. The van der Waals surface area contributed by atoms with Gasteiger partial charge in [-0.15, -0.1) is 0 Å². The molecule has 160 valence electrons. The Morgan fingerprint density at radius 1 is 1.23 bits per heavy atom. The standard InChI is InChI=1S/C21H25N3O6/c1-14(21(26)27)30-20-15(7-5-10-18(20)28-4)12-22-23-19(25)13-29-17-9-6-8-16(11-17)24(2)3/h5-12,14H,13H2,1-4H3,(H,23,25)(H,26,27)/b22-12+/t14-/m0/s1. The first-order valence-corrected chi connectivity index (χ1v) is 9.10. The number of amides is 1. The van der Waals surface area contributed by atoms with Gasteiger partial charge in [0.1, 0.15) is 5.75 Å². The van der Waals surface area contributed by atoms with Gasteiger partial charge in [-0.25, -0.2) is 10.2 Å². The molecule has 30 heavy (non-hydrogen) atoms. The summed E-state index contributed by atoms with van der Waals surface area (Å²) in [5, 5.41) is 13.0. The van der Waals surface area contributed by atoms with Crippen LogP contribution in [-0.2, 0) is 9.59 Å². The minimum Gasteiger partial charge on any atom is -0.493 e. The Labute approximate surface area is 174 Å².